The van der Waals surface area contributed by atoms with Crippen LogP contribution in [0.4, 0.5) is 5.69 Å². The van der Waals surface area contributed by atoms with E-state index in [0.717, 1.165) is 5.69 Å². The molecule has 0 atom stereocenters. The molecule has 0 saturated heterocycles. The van der Waals surface area contributed by atoms with Crippen molar-refractivity contribution in [2.75, 3.05) is 5.32 Å². The number of rotatable bonds is 2. The Morgan fingerprint density at radius 3 is 2.53 bits per heavy atom. The molecule has 0 aliphatic carbocycles. The molecule has 0 spiro atoms. The maximum atomic E-state index is 12.1. The van der Waals surface area contributed by atoms with E-state index in [1.165, 1.54) is 0 Å². The van der Waals surface area contributed by atoms with Crippen molar-refractivity contribution in [1.82, 2.24) is 4.57 Å². The van der Waals surface area contributed by atoms with E-state index in [-0.39, 0.29) is 18.3 Å². The van der Waals surface area contributed by atoms with Gasteiger partial charge in [-0.25, -0.2) is 0 Å². The van der Waals surface area contributed by atoms with Crippen LogP contribution in [0.2, 0.25) is 0 Å². The van der Waals surface area contributed by atoms with Crippen molar-refractivity contribution in [2.45, 2.75) is 0 Å². The van der Waals surface area contributed by atoms with E-state index in [4.69, 9.17) is 5.84 Å². The van der Waals surface area contributed by atoms with Crippen molar-refractivity contribution in [2.24, 2.45) is 18.0 Å². The Bertz CT molecular complexity index is 622. The van der Waals surface area contributed by atoms with Gasteiger partial charge in [-0.15, -0.1) is 12.4 Å². The van der Waals surface area contributed by atoms with Crippen molar-refractivity contribution < 1.29 is 4.79 Å². The molecule has 0 aliphatic heterocycles. The fourth-order valence-electron chi connectivity index (χ4n) is 1.66. The minimum Gasteiger partial charge on any atom is -0.334 e. The molecule has 0 unspecified atom stereocenters. The van der Waals surface area contributed by atoms with Crippen LogP contribution >= 0.6 is 12.4 Å². The van der Waals surface area contributed by atoms with Crippen LogP contribution in [0.3, 0.4) is 0 Å². The SMILES string of the molecule is Cl.Cn1cccc(C(=O)Nc2ccccc2)c1=NN. The lowest BCUT2D eigenvalue weighted by atomic mass is 10.2. The zero-order valence-corrected chi connectivity index (χ0v) is 11.2. The van der Waals surface area contributed by atoms with Crippen LogP contribution in [0, 0.1) is 0 Å². The summed E-state index contributed by atoms with van der Waals surface area (Å²) in [6.45, 7) is 0. The van der Waals surface area contributed by atoms with Crippen LogP contribution in [0.25, 0.3) is 0 Å². The number of hydrogen-bond donors (Lipinski definition) is 2. The summed E-state index contributed by atoms with van der Waals surface area (Å²) in [5.74, 6) is 5.07. The average Bonchev–Trinajstić information content (AvgIpc) is 2.39. The van der Waals surface area contributed by atoms with E-state index < -0.39 is 0 Å². The number of amides is 1. The summed E-state index contributed by atoms with van der Waals surface area (Å²) in [7, 11) is 1.78. The summed E-state index contributed by atoms with van der Waals surface area (Å²) in [6.07, 6.45) is 1.78. The van der Waals surface area contributed by atoms with Crippen molar-refractivity contribution in [3.63, 3.8) is 0 Å². The smallest absolute Gasteiger partial charge is 0.259 e. The van der Waals surface area contributed by atoms with Gasteiger partial charge in [0.25, 0.3) is 5.91 Å². The second-order valence-electron chi connectivity index (χ2n) is 3.81. The Kier molecular flexibility index (Phi) is 5.14. The second kappa shape index (κ2) is 6.61. The molecule has 5 nitrogen and oxygen atoms in total. The molecule has 1 aromatic carbocycles. The summed E-state index contributed by atoms with van der Waals surface area (Å²) in [6, 6.07) is 12.7. The number of aromatic nitrogens is 1. The Morgan fingerprint density at radius 2 is 1.89 bits per heavy atom. The molecule has 1 amide bonds. The Balaban J connectivity index is 0.00000180. The molecule has 2 rings (SSSR count). The van der Waals surface area contributed by atoms with Crippen LogP contribution in [-0.4, -0.2) is 10.5 Å². The monoisotopic (exact) mass is 278 g/mol. The first-order valence-electron chi connectivity index (χ1n) is 5.48. The van der Waals surface area contributed by atoms with Crippen LogP contribution < -0.4 is 16.6 Å². The number of benzene rings is 1. The summed E-state index contributed by atoms with van der Waals surface area (Å²) in [5.41, 5.74) is 1.61. The first kappa shape index (κ1) is 14.8. The molecule has 0 fully saturated rings. The van der Waals surface area contributed by atoms with Crippen LogP contribution in [0.1, 0.15) is 10.4 Å². The maximum Gasteiger partial charge on any atom is 0.259 e. The van der Waals surface area contributed by atoms with Gasteiger partial charge in [0, 0.05) is 18.9 Å². The molecular formula is C13H15ClN4O. The zero-order valence-electron chi connectivity index (χ0n) is 10.4. The number of nitrogens with one attached hydrogen (secondary N) is 1. The number of para-hydroxylation sites is 1. The van der Waals surface area contributed by atoms with Gasteiger partial charge in [-0.3, -0.25) is 4.79 Å². The largest absolute Gasteiger partial charge is 0.334 e. The summed E-state index contributed by atoms with van der Waals surface area (Å²) in [4.78, 5) is 12.1. The summed E-state index contributed by atoms with van der Waals surface area (Å²) in [5, 5.41) is 6.43. The second-order valence-corrected chi connectivity index (χ2v) is 3.81. The molecule has 2 aromatic rings. The third-order valence-corrected chi connectivity index (χ3v) is 2.55. The quantitative estimate of drug-likeness (QED) is 0.645. The number of carbonyl (C=O) groups is 1. The molecule has 0 radical (unpaired) electrons. The number of hydrogen-bond acceptors (Lipinski definition) is 3. The predicted octanol–water partition coefficient (Wildman–Crippen LogP) is 1.47. The molecule has 1 aromatic heterocycles. The lowest BCUT2D eigenvalue weighted by Gasteiger charge is -2.07. The van der Waals surface area contributed by atoms with Gasteiger partial charge in [0.2, 0.25) is 0 Å². The molecule has 19 heavy (non-hydrogen) atoms. The molecule has 100 valence electrons. The molecule has 1 heterocycles. The van der Waals surface area contributed by atoms with Gasteiger partial charge in [-0.1, -0.05) is 18.2 Å². The first-order chi connectivity index (χ1) is 8.72. The van der Waals surface area contributed by atoms with E-state index in [2.05, 4.69) is 10.4 Å². The van der Waals surface area contributed by atoms with E-state index in [0.29, 0.717) is 11.1 Å². The third-order valence-electron chi connectivity index (χ3n) is 2.55. The molecule has 3 N–H and O–H groups in total. The standard InChI is InChI=1S/C13H14N4O.ClH/c1-17-9-5-8-11(12(17)16-14)13(18)15-10-6-3-2-4-7-10;/h2-9H,14H2,1H3,(H,15,18);1H. The first-order valence-corrected chi connectivity index (χ1v) is 5.48. The highest BCUT2D eigenvalue weighted by molar-refractivity contribution is 6.03. The van der Waals surface area contributed by atoms with Crippen molar-refractivity contribution in [1.29, 1.82) is 0 Å². The lowest BCUT2D eigenvalue weighted by Crippen LogP contribution is -2.29. The number of nitrogens with two attached hydrogens (primary N) is 1. The third kappa shape index (κ3) is 3.35. The highest BCUT2D eigenvalue weighted by Crippen LogP contribution is 2.06. The molecule has 0 saturated carbocycles. The van der Waals surface area contributed by atoms with Crippen molar-refractivity contribution >= 4 is 24.0 Å². The normalized spacial score (nSPS) is 10.7. The van der Waals surface area contributed by atoms with Gasteiger partial charge in [0.15, 0.2) is 5.49 Å². The summed E-state index contributed by atoms with van der Waals surface area (Å²) >= 11 is 0. The van der Waals surface area contributed by atoms with E-state index in [1.54, 1.807) is 29.9 Å². The molecular weight excluding hydrogens is 264 g/mol. The van der Waals surface area contributed by atoms with Gasteiger partial charge < -0.3 is 15.7 Å². The van der Waals surface area contributed by atoms with Crippen LogP contribution in [-0.2, 0) is 7.05 Å². The van der Waals surface area contributed by atoms with Crippen molar-refractivity contribution in [3.05, 3.63) is 59.7 Å². The maximum absolute atomic E-state index is 12.1. The van der Waals surface area contributed by atoms with E-state index in [9.17, 15) is 4.79 Å². The number of aryl methyl sites for hydroxylation is 1. The highest BCUT2D eigenvalue weighted by Gasteiger charge is 2.09. The van der Waals surface area contributed by atoms with Gasteiger partial charge >= 0.3 is 0 Å². The number of nitrogens with zero attached hydrogens (tertiary/aromatic N) is 2. The minimum atomic E-state index is -0.235. The van der Waals surface area contributed by atoms with Crippen LogP contribution in [0.5, 0.6) is 0 Å². The number of carbonyl (C=O) groups excluding carboxylic acids is 1. The molecule has 0 bridgehead atoms. The topological polar surface area (TPSA) is 72.4 Å². The molecule has 0 aliphatic rings. The fourth-order valence-corrected chi connectivity index (χ4v) is 1.66. The summed E-state index contributed by atoms with van der Waals surface area (Å²) < 4.78 is 1.69. The minimum absolute atomic E-state index is 0. The van der Waals surface area contributed by atoms with Gasteiger partial charge in [-0.05, 0) is 24.3 Å². The highest BCUT2D eigenvalue weighted by atomic mass is 35.5. The van der Waals surface area contributed by atoms with E-state index >= 15 is 0 Å². The van der Waals surface area contributed by atoms with Gasteiger partial charge in [0.1, 0.15) is 0 Å². The van der Waals surface area contributed by atoms with Crippen molar-refractivity contribution in [3.8, 4) is 0 Å². The Morgan fingerprint density at radius 1 is 1.21 bits per heavy atom. The zero-order chi connectivity index (χ0) is 13.0. The average molecular weight is 279 g/mol. The number of anilines is 1. The van der Waals surface area contributed by atoms with E-state index in [1.807, 2.05) is 30.3 Å². The lowest BCUT2D eigenvalue weighted by molar-refractivity contribution is 0.102. The van der Waals surface area contributed by atoms with Crippen LogP contribution in [0.15, 0.2) is 53.8 Å². The van der Waals surface area contributed by atoms with Gasteiger partial charge in [0.05, 0.1) is 5.56 Å². The van der Waals surface area contributed by atoms with Gasteiger partial charge in [-0.2, -0.15) is 5.10 Å². The fraction of sp³-hybridized carbons (Fsp3) is 0.0769. The number of pyridine rings is 1. The number of halogens is 1. The molecule has 6 heteroatoms. The predicted molar refractivity (Wildman–Crippen MR) is 76.8 cm³/mol. The Labute approximate surface area is 117 Å². The Hall–Kier alpha value is -2.27.